The fourth-order valence-corrected chi connectivity index (χ4v) is 2.64. The summed E-state index contributed by atoms with van der Waals surface area (Å²) in [4.78, 5) is 34.9. The van der Waals surface area contributed by atoms with Crippen molar-refractivity contribution in [2.24, 2.45) is 5.92 Å². The minimum absolute atomic E-state index is 0.0225. The van der Waals surface area contributed by atoms with Gasteiger partial charge in [-0.25, -0.2) is 4.79 Å². The summed E-state index contributed by atoms with van der Waals surface area (Å²) in [5, 5.41) is 2.65. The molecule has 1 saturated heterocycles. The fourth-order valence-electron chi connectivity index (χ4n) is 2.64. The summed E-state index contributed by atoms with van der Waals surface area (Å²) in [7, 11) is 0. The van der Waals surface area contributed by atoms with Crippen molar-refractivity contribution in [1.82, 2.24) is 5.32 Å². The molecule has 0 unspecified atom stereocenters. The summed E-state index contributed by atoms with van der Waals surface area (Å²) < 4.78 is 10.8. The summed E-state index contributed by atoms with van der Waals surface area (Å²) in [6, 6.07) is 0. The Bertz CT molecular complexity index is 491. The Labute approximate surface area is 123 Å². The Morgan fingerprint density at radius 1 is 1.48 bits per heavy atom. The molecule has 0 spiro atoms. The molecular weight excluding hydrogens is 274 g/mol. The first-order chi connectivity index (χ1) is 9.72. The Kier molecular flexibility index (Phi) is 4.18. The van der Waals surface area contributed by atoms with E-state index < -0.39 is 23.2 Å². The van der Waals surface area contributed by atoms with Crippen molar-refractivity contribution in [3.8, 4) is 0 Å². The third kappa shape index (κ3) is 3.69. The molecule has 0 aromatic rings. The van der Waals surface area contributed by atoms with Gasteiger partial charge >= 0.3 is 6.09 Å². The quantitative estimate of drug-likeness (QED) is 0.850. The predicted molar refractivity (Wildman–Crippen MR) is 74.8 cm³/mol. The van der Waals surface area contributed by atoms with Crippen LogP contribution in [0, 0.1) is 5.92 Å². The van der Waals surface area contributed by atoms with Crippen LogP contribution in [-0.4, -0.2) is 42.0 Å². The third-order valence-electron chi connectivity index (χ3n) is 3.60. The number of alkyl carbamates (subject to hydrolysis) is 1. The molecule has 0 bridgehead atoms. The number of rotatable bonds is 3. The molecular formula is C15H21NO5. The standard InChI is InChI=1S/C15H21NO5/c1-14(2,3)21-13(19)16-7-6-15-5-4-10(17)8-11(15)12(18)9-20-15/h4-5,11H,6-9H2,1-3H3,(H,16,19)/t11-,15+/m1/s1. The number of Topliss-reactive ketones (excluding diaryl/α,β-unsaturated/α-hetero) is 1. The van der Waals surface area contributed by atoms with E-state index in [9.17, 15) is 14.4 Å². The number of nitrogens with one attached hydrogen (secondary N) is 1. The van der Waals surface area contributed by atoms with Crippen LogP contribution in [0.3, 0.4) is 0 Å². The van der Waals surface area contributed by atoms with Gasteiger partial charge in [-0.3, -0.25) is 9.59 Å². The predicted octanol–water partition coefficient (Wildman–Crippen LogP) is 1.38. The van der Waals surface area contributed by atoms with Crippen LogP contribution < -0.4 is 5.32 Å². The van der Waals surface area contributed by atoms with E-state index >= 15 is 0 Å². The van der Waals surface area contributed by atoms with Gasteiger partial charge < -0.3 is 14.8 Å². The molecule has 0 aromatic heterocycles. The molecule has 21 heavy (non-hydrogen) atoms. The highest BCUT2D eigenvalue weighted by molar-refractivity contribution is 5.98. The molecule has 1 heterocycles. The minimum atomic E-state index is -0.764. The van der Waals surface area contributed by atoms with Crippen LogP contribution in [0.2, 0.25) is 0 Å². The van der Waals surface area contributed by atoms with Crippen molar-refractivity contribution < 1.29 is 23.9 Å². The lowest BCUT2D eigenvalue weighted by Gasteiger charge is -2.32. The molecule has 6 nitrogen and oxygen atoms in total. The van der Waals surface area contributed by atoms with Crippen molar-refractivity contribution in [2.45, 2.75) is 44.8 Å². The number of hydrogen-bond donors (Lipinski definition) is 1. The lowest BCUT2D eigenvalue weighted by atomic mass is 9.77. The molecule has 0 radical (unpaired) electrons. The van der Waals surface area contributed by atoms with Gasteiger partial charge in [0, 0.05) is 13.0 Å². The van der Waals surface area contributed by atoms with Gasteiger partial charge in [-0.05, 0) is 39.3 Å². The summed E-state index contributed by atoms with van der Waals surface area (Å²) >= 11 is 0. The van der Waals surface area contributed by atoms with Crippen LogP contribution in [0.5, 0.6) is 0 Å². The second-order valence-corrected chi connectivity index (χ2v) is 6.44. The zero-order chi connectivity index (χ0) is 15.7. The van der Waals surface area contributed by atoms with Gasteiger partial charge in [0.25, 0.3) is 0 Å². The molecule has 1 fully saturated rings. The number of carbonyl (C=O) groups is 3. The van der Waals surface area contributed by atoms with Gasteiger partial charge in [0.05, 0.1) is 11.5 Å². The molecule has 2 atom stereocenters. The molecule has 1 aliphatic carbocycles. The van der Waals surface area contributed by atoms with E-state index in [1.165, 1.54) is 6.08 Å². The fraction of sp³-hybridized carbons (Fsp3) is 0.667. The van der Waals surface area contributed by atoms with E-state index in [4.69, 9.17) is 9.47 Å². The summed E-state index contributed by atoms with van der Waals surface area (Å²) in [6.45, 7) is 5.70. The number of fused-ring (bicyclic) bond motifs is 1. The number of ketones is 2. The monoisotopic (exact) mass is 295 g/mol. The summed E-state index contributed by atoms with van der Waals surface area (Å²) in [5.41, 5.74) is -1.32. The summed E-state index contributed by atoms with van der Waals surface area (Å²) in [5.74, 6) is -0.546. The average molecular weight is 295 g/mol. The van der Waals surface area contributed by atoms with Crippen LogP contribution in [0.1, 0.15) is 33.6 Å². The Balaban J connectivity index is 1.92. The maximum atomic E-state index is 11.8. The van der Waals surface area contributed by atoms with E-state index in [1.54, 1.807) is 26.8 Å². The van der Waals surface area contributed by atoms with Crippen LogP contribution in [-0.2, 0) is 19.1 Å². The van der Waals surface area contributed by atoms with E-state index in [2.05, 4.69) is 5.32 Å². The highest BCUT2D eigenvalue weighted by Crippen LogP contribution is 2.39. The Morgan fingerprint density at radius 2 is 2.19 bits per heavy atom. The van der Waals surface area contributed by atoms with Crippen LogP contribution >= 0.6 is 0 Å². The molecule has 1 amide bonds. The maximum Gasteiger partial charge on any atom is 0.407 e. The zero-order valence-corrected chi connectivity index (χ0v) is 12.6. The lowest BCUT2D eigenvalue weighted by Crippen LogP contribution is -2.43. The van der Waals surface area contributed by atoms with Crippen LogP contribution in [0.4, 0.5) is 4.79 Å². The molecule has 2 rings (SSSR count). The van der Waals surface area contributed by atoms with Crippen molar-refractivity contribution in [3.63, 3.8) is 0 Å². The van der Waals surface area contributed by atoms with E-state index in [-0.39, 0.29) is 24.6 Å². The number of hydrogen-bond acceptors (Lipinski definition) is 5. The minimum Gasteiger partial charge on any atom is -0.444 e. The normalized spacial score (nSPS) is 28.4. The molecule has 6 heteroatoms. The number of carbonyl (C=O) groups excluding carboxylic acids is 3. The van der Waals surface area contributed by atoms with Crippen molar-refractivity contribution in [2.75, 3.05) is 13.2 Å². The molecule has 0 aromatic carbocycles. The van der Waals surface area contributed by atoms with E-state index in [0.29, 0.717) is 13.0 Å². The van der Waals surface area contributed by atoms with Gasteiger partial charge in [0.1, 0.15) is 12.2 Å². The second-order valence-electron chi connectivity index (χ2n) is 6.44. The first kappa shape index (κ1) is 15.7. The topological polar surface area (TPSA) is 81.7 Å². The lowest BCUT2D eigenvalue weighted by molar-refractivity contribution is -0.125. The van der Waals surface area contributed by atoms with E-state index in [0.717, 1.165) is 0 Å². The first-order valence-electron chi connectivity index (χ1n) is 7.07. The largest absolute Gasteiger partial charge is 0.444 e. The molecule has 0 saturated carbocycles. The maximum absolute atomic E-state index is 11.8. The number of allylic oxidation sites excluding steroid dienone is 1. The van der Waals surface area contributed by atoms with Crippen molar-refractivity contribution in [3.05, 3.63) is 12.2 Å². The van der Waals surface area contributed by atoms with Crippen LogP contribution in [0.25, 0.3) is 0 Å². The van der Waals surface area contributed by atoms with Gasteiger partial charge in [0.15, 0.2) is 11.6 Å². The van der Waals surface area contributed by atoms with Crippen molar-refractivity contribution in [1.29, 1.82) is 0 Å². The number of amides is 1. The molecule has 116 valence electrons. The number of ether oxygens (including phenoxy) is 2. The SMILES string of the molecule is CC(C)(C)OC(=O)NCC[C@@]12C=CC(=O)C[C@@H]1C(=O)CO2. The molecule has 1 N–H and O–H groups in total. The van der Waals surface area contributed by atoms with Gasteiger partial charge in [0.2, 0.25) is 0 Å². The van der Waals surface area contributed by atoms with Crippen LogP contribution in [0.15, 0.2) is 12.2 Å². The van der Waals surface area contributed by atoms with Gasteiger partial charge in [-0.2, -0.15) is 0 Å². The average Bonchev–Trinajstić information content (AvgIpc) is 2.66. The Hall–Kier alpha value is -1.69. The zero-order valence-electron chi connectivity index (χ0n) is 12.6. The van der Waals surface area contributed by atoms with Gasteiger partial charge in [-0.15, -0.1) is 0 Å². The third-order valence-corrected chi connectivity index (χ3v) is 3.60. The first-order valence-corrected chi connectivity index (χ1v) is 7.07. The Morgan fingerprint density at radius 3 is 2.86 bits per heavy atom. The van der Waals surface area contributed by atoms with Crippen molar-refractivity contribution >= 4 is 17.7 Å². The molecule has 1 aliphatic heterocycles. The molecule has 2 aliphatic rings. The smallest absolute Gasteiger partial charge is 0.407 e. The summed E-state index contributed by atoms with van der Waals surface area (Å²) in [6.07, 6.45) is 3.23. The van der Waals surface area contributed by atoms with Gasteiger partial charge in [-0.1, -0.05) is 0 Å². The highest BCUT2D eigenvalue weighted by Gasteiger charge is 2.49. The highest BCUT2D eigenvalue weighted by atomic mass is 16.6. The second kappa shape index (κ2) is 5.60. The van der Waals surface area contributed by atoms with E-state index in [1.807, 2.05) is 0 Å².